The van der Waals surface area contributed by atoms with Crippen LogP contribution in [0.4, 0.5) is 13.2 Å². The van der Waals surface area contributed by atoms with Crippen LogP contribution in [-0.2, 0) is 16.1 Å². The molecule has 0 aliphatic carbocycles. The average Bonchev–Trinajstić information content (AvgIpc) is 2.67. The molecular weight excluding hydrogens is 391 g/mol. The third kappa shape index (κ3) is 6.68. The zero-order chi connectivity index (χ0) is 21.6. The molecule has 4 N–H and O–H groups in total. The molecule has 1 aliphatic heterocycles. The van der Waals surface area contributed by atoms with E-state index in [0.29, 0.717) is 0 Å². The molecule has 1 unspecified atom stereocenters. The molecule has 2 heterocycles. The molecule has 1 saturated heterocycles. The van der Waals surface area contributed by atoms with Gasteiger partial charge in [0.05, 0.1) is 5.52 Å². The van der Waals surface area contributed by atoms with Crippen molar-refractivity contribution in [3.05, 3.63) is 42.1 Å². The molecule has 0 saturated carbocycles. The van der Waals surface area contributed by atoms with Gasteiger partial charge in [-0.3, -0.25) is 14.7 Å². The van der Waals surface area contributed by atoms with Crippen LogP contribution in [0.5, 0.6) is 0 Å². The van der Waals surface area contributed by atoms with Gasteiger partial charge in [-0.1, -0.05) is 12.1 Å². The molecule has 158 valence electrons. The summed E-state index contributed by atoms with van der Waals surface area (Å²) in [5.74, 6) is -3.37. The van der Waals surface area contributed by atoms with Crippen LogP contribution in [0.25, 0.3) is 10.9 Å². The van der Waals surface area contributed by atoms with E-state index in [1.165, 1.54) is 5.56 Å². The van der Waals surface area contributed by atoms with Gasteiger partial charge in [-0.2, -0.15) is 13.2 Å². The summed E-state index contributed by atoms with van der Waals surface area (Å²) in [4.78, 5) is 26.6. The van der Waals surface area contributed by atoms with E-state index in [1.54, 1.807) is 6.20 Å². The number of amides is 1. The highest BCUT2D eigenvalue weighted by molar-refractivity contribution is 5.79. The minimum atomic E-state index is -5.08. The van der Waals surface area contributed by atoms with Crippen LogP contribution in [0.15, 0.2) is 36.5 Å². The molecule has 1 aliphatic rings. The number of carbonyl (C=O) groups is 2. The summed E-state index contributed by atoms with van der Waals surface area (Å²) in [6.07, 6.45) is -2.68. The van der Waals surface area contributed by atoms with Gasteiger partial charge in [0, 0.05) is 18.1 Å². The number of carbonyl (C=O) groups excluding carboxylic acids is 1. The smallest absolute Gasteiger partial charge is 0.475 e. The van der Waals surface area contributed by atoms with E-state index in [4.69, 9.17) is 15.6 Å². The number of carboxylic acids is 1. The second-order valence-corrected chi connectivity index (χ2v) is 6.79. The first-order valence-electron chi connectivity index (χ1n) is 8.91. The van der Waals surface area contributed by atoms with Crippen molar-refractivity contribution in [2.75, 3.05) is 13.1 Å². The van der Waals surface area contributed by atoms with Crippen molar-refractivity contribution >= 4 is 22.8 Å². The van der Waals surface area contributed by atoms with E-state index in [9.17, 15) is 23.1 Å². The highest BCUT2D eigenvalue weighted by Crippen LogP contribution is 2.23. The first-order valence-corrected chi connectivity index (χ1v) is 8.91. The van der Waals surface area contributed by atoms with Crippen LogP contribution in [0.2, 0.25) is 0 Å². The molecular formula is C19H22F3N3O4. The molecule has 1 aromatic heterocycles. The van der Waals surface area contributed by atoms with Crippen molar-refractivity contribution in [2.24, 2.45) is 11.7 Å². The number of piperidine rings is 1. The van der Waals surface area contributed by atoms with Gasteiger partial charge in [-0.25, -0.2) is 4.79 Å². The number of pyridine rings is 1. The Bertz CT molecular complexity index is 852. The third-order valence-electron chi connectivity index (χ3n) is 4.69. The minimum Gasteiger partial charge on any atom is -0.475 e. The number of rotatable bonds is 4. The second-order valence-electron chi connectivity index (χ2n) is 6.79. The Morgan fingerprint density at radius 3 is 2.41 bits per heavy atom. The summed E-state index contributed by atoms with van der Waals surface area (Å²) in [5.41, 5.74) is 7.44. The van der Waals surface area contributed by atoms with Crippen molar-refractivity contribution in [2.45, 2.75) is 31.7 Å². The number of likely N-dealkylation sites (tertiary alicyclic amines) is 1. The van der Waals surface area contributed by atoms with Gasteiger partial charge < -0.3 is 15.9 Å². The molecule has 10 heteroatoms. The number of nitrogens with zero attached hydrogens (tertiary/aromatic N) is 2. The summed E-state index contributed by atoms with van der Waals surface area (Å²) in [6, 6.07) is 10.4. The van der Waals surface area contributed by atoms with Crippen LogP contribution in [-0.4, -0.2) is 57.3 Å². The van der Waals surface area contributed by atoms with Crippen LogP contribution in [0, 0.1) is 5.92 Å². The number of fused-ring (bicyclic) bond motifs is 1. The molecule has 0 radical (unpaired) electrons. The van der Waals surface area contributed by atoms with E-state index < -0.39 is 24.2 Å². The SMILES string of the molecule is NC(=O)C(O)C1CCN(Cc2ccc3ncccc3c2)CC1.O=C(O)C(F)(F)F. The lowest BCUT2D eigenvalue weighted by Crippen LogP contribution is -2.42. The van der Waals surface area contributed by atoms with Gasteiger partial charge in [0.15, 0.2) is 0 Å². The van der Waals surface area contributed by atoms with E-state index >= 15 is 0 Å². The maximum absolute atomic E-state index is 11.0. The van der Waals surface area contributed by atoms with Gasteiger partial charge in [0.1, 0.15) is 6.10 Å². The van der Waals surface area contributed by atoms with E-state index in [1.807, 2.05) is 12.1 Å². The largest absolute Gasteiger partial charge is 0.490 e. The quantitative estimate of drug-likeness (QED) is 0.705. The topological polar surface area (TPSA) is 117 Å². The predicted molar refractivity (Wildman–Crippen MR) is 98.6 cm³/mol. The number of hydrogen-bond donors (Lipinski definition) is 3. The van der Waals surface area contributed by atoms with Gasteiger partial charge in [-0.05, 0) is 55.6 Å². The molecule has 29 heavy (non-hydrogen) atoms. The highest BCUT2D eigenvalue weighted by atomic mass is 19.4. The van der Waals surface area contributed by atoms with E-state index in [0.717, 1.165) is 43.4 Å². The number of benzene rings is 1. The van der Waals surface area contributed by atoms with Crippen LogP contribution in [0.3, 0.4) is 0 Å². The number of aliphatic carboxylic acids is 1. The van der Waals surface area contributed by atoms with E-state index in [2.05, 4.69) is 28.1 Å². The summed E-state index contributed by atoms with van der Waals surface area (Å²) in [7, 11) is 0. The number of halogens is 3. The lowest BCUT2D eigenvalue weighted by atomic mass is 9.90. The predicted octanol–water partition coefficient (Wildman–Crippen LogP) is 1.93. The molecule has 1 atom stereocenters. The zero-order valence-electron chi connectivity index (χ0n) is 15.5. The lowest BCUT2D eigenvalue weighted by Gasteiger charge is -2.33. The molecule has 1 fully saturated rings. The maximum atomic E-state index is 11.0. The Morgan fingerprint density at radius 2 is 1.86 bits per heavy atom. The third-order valence-corrected chi connectivity index (χ3v) is 4.69. The maximum Gasteiger partial charge on any atom is 0.490 e. The van der Waals surface area contributed by atoms with Crippen molar-refractivity contribution in [1.29, 1.82) is 0 Å². The second kappa shape index (κ2) is 9.66. The summed E-state index contributed by atoms with van der Waals surface area (Å²) in [6.45, 7) is 2.63. The Morgan fingerprint density at radius 1 is 1.24 bits per heavy atom. The number of alkyl halides is 3. The molecule has 7 nitrogen and oxygen atoms in total. The Balaban J connectivity index is 0.000000370. The molecule has 3 rings (SSSR count). The Kier molecular flexibility index (Phi) is 7.52. The number of aliphatic hydroxyl groups is 1. The molecule has 0 bridgehead atoms. The van der Waals surface area contributed by atoms with Gasteiger partial charge in [0.25, 0.3) is 0 Å². The van der Waals surface area contributed by atoms with Gasteiger partial charge in [0.2, 0.25) is 5.91 Å². The number of hydrogen-bond acceptors (Lipinski definition) is 5. The summed E-state index contributed by atoms with van der Waals surface area (Å²) >= 11 is 0. The monoisotopic (exact) mass is 413 g/mol. The van der Waals surface area contributed by atoms with Crippen LogP contribution >= 0.6 is 0 Å². The molecule has 1 amide bonds. The molecule has 2 aromatic rings. The minimum absolute atomic E-state index is 0.00504. The van der Waals surface area contributed by atoms with Crippen molar-refractivity contribution in [3.8, 4) is 0 Å². The number of nitrogens with two attached hydrogens (primary N) is 1. The highest BCUT2D eigenvalue weighted by Gasteiger charge is 2.38. The normalized spacial score (nSPS) is 16.7. The van der Waals surface area contributed by atoms with Crippen molar-refractivity contribution in [1.82, 2.24) is 9.88 Å². The summed E-state index contributed by atoms with van der Waals surface area (Å²) in [5, 5.41) is 18.0. The number of aromatic nitrogens is 1. The first kappa shape index (κ1) is 22.6. The van der Waals surface area contributed by atoms with Gasteiger partial charge >= 0.3 is 12.1 Å². The van der Waals surface area contributed by atoms with Crippen LogP contribution in [0.1, 0.15) is 18.4 Å². The zero-order valence-corrected chi connectivity index (χ0v) is 15.5. The Labute approximate surface area is 164 Å². The number of primary amides is 1. The molecule has 1 aromatic carbocycles. The Hall–Kier alpha value is -2.72. The van der Waals surface area contributed by atoms with Crippen LogP contribution < -0.4 is 5.73 Å². The average molecular weight is 413 g/mol. The first-order chi connectivity index (χ1) is 13.6. The molecule has 0 spiro atoms. The lowest BCUT2D eigenvalue weighted by molar-refractivity contribution is -0.192. The van der Waals surface area contributed by atoms with Gasteiger partial charge in [-0.15, -0.1) is 0 Å². The fourth-order valence-corrected chi connectivity index (χ4v) is 3.14. The van der Waals surface area contributed by atoms with Crippen molar-refractivity contribution in [3.63, 3.8) is 0 Å². The standard InChI is InChI=1S/C17H21N3O2.C2HF3O2/c18-17(22)16(21)13-5-8-20(9-6-13)11-12-3-4-15-14(10-12)2-1-7-19-15;3-2(4,5)1(6)7/h1-4,7,10,13,16,21H,5-6,8-9,11H2,(H2,18,22);(H,6,7). The van der Waals surface area contributed by atoms with Crippen molar-refractivity contribution < 1.29 is 33.0 Å². The number of carboxylic acid groups (broad SMARTS) is 1. The fraction of sp³-hybridized carbons (Fsp3) is 0.421. The summed E-state index contributed by atoms with van der Waals surface area (Å²) < 4.78 is 31.7. The fourth-order valence-electron chi connectivity index (χ4n) is 3.14. The van der Waals surface area contributed by atoms with E-state index in [-0.39, 0.29) is 5.92 Å². The number of aliphatic hydroxyl groups excluding tert-OH is 1.